The van der Waals surface area contributed by atoms with E-state index in [2.05, 4.69) is 40.4 Å². The van der Waals surface area contributed by atoms with Crippen molar-refractivity contribution in [2.24, 2.45) is 5.92 Å². The number of ether oxygens (including phenoxy) is 1. The highest BCUT2D eigenvalue weighted by Crippen LogP contribution is 2.38. The molecular weight excluding hydrogens is 542 g/mol. The molecule has 0 saturated carbocycles. The molecule has 0 unspecified atom stereocenters. The molecule has 1 atom stereocenters. The van der Waals surface area contributed by atoms with Crippen LogP contribution in [0.5, 0.6) is 0 Å². The Balaban J connectivity index is 1.71. The molecule has 0 radical (unpaired) electrons. The summed E-state index contributed by atoms with van der Waals surface area (Å²) in [6.45, 7) is 13.0. The number of sulfonamides is 1. The van der Waals surface area contributed by atoms with Crippen molar-refractivity contribution in [3.63, 3.8) is 0 Å². The fraction of sp³-hybridized carbons (Fsp3) is 0.448. The summed E-state index contributed by atoms with van der Waals surface area (Å²) in [5.74, 6) is 0.872. The van der Waals surface area contributed by atoms with Crippen molar-refractivity contribution in [3.8, 4) is 11.3 Å². The van der Waals surface area contributed by atoms with Gasteiger partial charge in [0.2, 0.25) is 0 Å². The standard InChI is InChI=1S/C29H39N7O4S/c1-7-40-14-13-35(6)26-20(3)15-21(17-31-26)23-12-11-22(27(32-23)36-18-19(2)16-29(36,4)5)28(37)34-41(38,39)25-10-8-9-24(30)33-25/h8-12,15,17,19H,7,13-14,16,18H2,1-6H3,(H2,30,33)(H,34,37)/t19-/m0/s1. The third kappa shape index (κ3) is 6.76. The molecule has 0 spiro atoms. The van der Waals surface area contributed by atoms with Crippen molar-refractivity contribution in [1.82, 2.24) is 19.7 Å². The number of hydrogen-bond acceptors (Lipinski definition) is 10. The molecule has 12 heteroatoms. The summed E-state index contributed by atoms with van der Waals surface area (Å²) in [6, 6.07) is 9.57. The molecule has 4 heterocycles. The van der Waals surface area contributed by atoms with Crippen LogP contribution in [0.2, 0.25) is 0 Å². The molecule has 1 amide bonds. The van der Waals surface area contributed by atoms with Gasteiger partial charge in [-0.15, -0.1) is 0 Å². The molecule has 1 aliphatic heterocycles. The Morgan fingerprint density at radius 1 is 1.24 bits per heavy atom. The smallest absolute Gasteiger partial charge is 0.281 e. The number of likely N-dealkylation sites (N-methyl/N-ethyl adjacent to an activating group) is 1. The van der Waals surface area contributed by atoms with E-state index in [0.717, 1.165) is 23.4 Å². The lowest BCUT2D eigenvalue weighted by Gasteiger charge is -2.34. The number of nitrogens with one attached hydrogen (secondary N) is 1. The first-order chi connectivity index (χ1) is 19.3. The van der Waals surface area contributed by atoms with Crippen LogP contribution in [0.25, 0.3) is 11.3 Å². The number of nitrogens with two attached hydrogens (primary N) is 1. The van der Waals surface area contributed by atoms with E-state index < -0.39 is 15.9 Å². The van der Waals surface area contributed by atoms with Crippen LogP contribution in [0.1, 0.15) is 50.0 Å². The summed E-state index contributed by atoms with van der Waals surface area (Å²) >= 11 is 0. The lowest BCUT2D eigenvalue weighted by atomic mass is 9.97. The molecule has 220 valence electrons. The van der Waals surface area contributed by atoms with Gasteiger partial charge in [-0.25, -0.2) is 19.7 Å². The van der Waals surface area contributed by atoms with E-state index in [0.29, 0.717) is 43.7 Å². The number of nitrogen functional groups attached to an aromatic ring is 1. The maximum Gasteiger partial charge on any atom is 0.281 e. The molecule has 0 aromatic carbocycles. The van der Waals surface area contributed by atoms with Crippen LogP contribution in [0.4, 0.5) is 17.5 Å². The van der Waals surface area contributed by atoms with E-state index in [1.807, 2.05) is 31.9 Å². The van der Waals surface area contributed by atoms with Gasteiger partial charge in [0, 0.05) is 44.0 Å². The van der Waals surface area contributed by atoms with Gasteiger partial charge in [-0.05, 0) is 75.9 Å². The molecule has 3 N–H and O–H groups in total. The number of anilines is 3. The zero-order chi connectivity index (χ0) is 29.9. The van der Waals surface area contributed by atoms with Crippen molar-refractivity contribution < 1.29 is 17.9 Å². The second-order valence-corrected chi connectivity index (χ2v) is 12.7. The first kappa shape index (κ1) is 30.2. The lowest BCUT2D eigenvalue weighted by molar-refractivity contribution is 0.0981. The average Bonchev–Trinajstić information content (AvgIpc) is 3.19. The number of hydrogen-bond donors (Lipinski definition) is 2. The van der Waals surface area contributed by atoms with E-state index in [4.69, 9.17) is 15.5 Å². The number of amides is 1. The van der Waals surface area contributed by atoms with Crippen LogP contribution in [-0.2, 0) is 14.8 Å². The number of rotatable bonds is 10. The molecule has 1 saturated heterocycles. The second kappa shape index (κ2) is 12.0. The molecular formula is C29H39N7O4S. The van der Waals surface area contributed by atoms with E-state index in [9.17, 15) is 13.2 Å². The van der Waals surface area contributed by atoms with Gasteiger partial charge in [-0.2, -0.15) is 8.42 Å². The highest BCUT2D eigenvalue weighted by molar-refractivity contribution is 7.90. The SMILES string of the molecule is CCOCCN(C)c1ncc(-c2ccc(C(=O)NS(=O)(=O)c3cccc(N)n3)c(N3C[C@@H](C)CC3(C)C)n2)cc1C. The third-order valence-electron chi connectivity index (χ3n) is 7.18. The Morgan fingerprint density at radius 2 is 2.00 bits per heavy atom. The van der Waals surface area contributed by atoms with Crippen LogP contribution in [0.15, 0.2) is 47.6 Å². The van der Waals surface area contributed by atoms with Crippen LogP contribution >= 0.6 is 0 Å². The Hall–Kier alpha value is -3.77. The maximum atomic E-state index is 13.5. The Labute approximate surface area is 242 Å². The molecule has 3 aromatic heterocycles. The predicted molar refractivity (Wildman–Crippen MR) is 160 cm³/mol. The van der Waals surface area contributed by atoms with Gasteiger partial charge in [-0.1, -0.05) is 13.0 Å². The highest BCUT2D eigenvalue weighted by atomic mass is 32.2. The van der Waals surface area contributed by atoms with Crippen molar-refractivity contribution in [2.45, 2.75) is 51.6 Å². The van der Waals surface area contributed by atoms with Crippen molar-refractivity contribution in [2.75, 3.05) is 48.9 Å². The second-order valence-electron chi connectivity index (χ2n) is 11.1. The van der Waals surface area contributed by atoms with Crippen LogP contribution in [0.3, 0.4) is 0 Å². The zero-order valence-electron chi connectivity index (χ0n) is 24.5. The number of pyridine rings is 3. The van der Waals surface area contributed by atoms with Crippen molar-refractivity contribution in [3.05, 3.63) is 53.7 Å². The van der Waals surface area contributed by atoms with E-state index in [-0.39, 0.29) is 21.9 Å². The number of aryl methyl sites for hydroxylation is 1. The molecule has 0 bridgehead atoms. The average molecular weight is 582 g/mol. The van der Waals surface area contributed by atoms with Crippen LogP contribution in [-0.4, -0.2) is 68.2 Å². The van der Waals surface area contributed by atoms with E-state index in [1.165, 1.54) is 18.2 Å². The maximum absolute atomic E-state index is 13.5. The first-order valence-corrected chi connectivity index (χ1v) is 15.1. The van der Waals surface area contributed by atoms with Gasteiger partial charge in [-0.3, -0.25) is 4.79 Å². The number of carbonyl (C=O) groups is 1. The molecule has 1 fully saturated rings. The normalized spacial score (nSPS) is 16.5. The Kier molecular flexibility index (Phi) is 8.83. The Morgan fingerprint density at radius 3 is 2.63 bits per heavy atom. The predicted octanol–water partition coefficient (Wildman–Crippen LogP) is 3.65. The third-order valence-corrected chi connectivity index (χ3v) is 8.41. The minimum absolute atomic E-state index is 0.0373. The fourth-order valence-corrected chi connectivity index (χ4v) is 6.26. The minimum atomic E-state index is -4.26. The summed E-state index contributed by atoms with van der Waals surface area (Å²) in [5, 5.41) is -0.333. The molecule has 11 nitrogen and oxygen atoms in total. The molecule has 3 aromatic rings. The zero-order valence-corrected chi connectivity index (χ0v) is 25.3. The summed E-state index contributed by atoms with van der Waals surface area (Å²) in [7, 11) is -2.29. The van der Waals surface area contributed by atoms with Gasteiger partial charge in [0.05, 0.1) is 17.9 Å². The van der Waals surface area contributed by atoms with Gasteiger partial charge >= 0.3 is 0 Å². The summed E-state index contributed by atoms with van der Waals surface area (Å²) in [5.41, 5.74) is 7.92. The number of nitrogens with zero attached hydrogens (tertiary/aromatic N) is 5. The van der Waals surface area contributed by atoms with Gasteiger partial charge in [0.25, 0.3) is 15.9 Å². The highest BCUT2D eigenvalue weighted by Gasteiger charge is 2.39. The van der Waals surface area contributed by atoms with Crippen LogP contribution in [0, 0.1) is 12.8 Å². The molecule has 4 rings (SSSR count). The fourth-order valence-electron chi connectivity index (χ4n) is 5.32. The monoisotopic (exact) mass is 581 g/mol. The summed E-state index contributed by atoms with van der Waals surface area (Å²) in [6.07, 6.45) is 2.66. The van der Waals surface area contributed by atoms with E-state index in [1.54, 1.807) is 18.3 Å². The largest absolute Gasteiger partial charge is 0.384 e. The summed E-state index contributed by atoms with van der Waals surface area (Å²) < 4.78 is 33.6. The first-order valence-electron chi connectivity index (χ1n) is 13.7. The molecule has 0 aliphatic carbocycles. The summed E-state index contributed by atoms with van der Waals surface area (Å²) in [4.78, 5) is 31.1. The van der Waals surface area contributed by atoms with Crippen molar-refractivity contribution >= 4 is 33.4 Å². The molecule has 1 aliphatic rings. The topological polar surface area (TPSA) is 144 Å². The van der Waals surface area contributed by atoms with E-state index >= 15 is 0 Å². The van der Waals surface area contributed by atoms with Crippen LogP contribution < -0.4 is 20.3 Å². The molecule has 41 heavy (non-hydrogen) atoms. The quantitative estimate of drug-likeness (QED) is 0.341. The number of aromatic nitrogens is 3. The van der Waals surface area contributed by atoms with Crippen molar-refractivity contribution in [1.29, 1.82) is 0 Å². The minimum Gasteiger partial charge on any atom is -0.384 e. The number of carbonyl (C=O) groups excluding carboxylic acids is 1. The van der Waals surface area contributed by atoms with Gasteiger partial charge in [0.1, 0.15) is 17.5 Å². The lowest BCUT2D eigenvalue weighted by Crippen LogP contribution is -2.41. The van der Waals surface area contributed by atoms with Gasteiger partial charge < -0.3 is 20.3 Å². The Bertz CT molecular complexity index is 1530. The van der Waals surface area contributed by atoms with Gasteiger partial charge in [0.15, 0.2) is 5.03 Å².